The molecule has 0 aliphatic carbocycles. The summed E-state index contributed by atoms with van der Waals surface area (Å²) in [5, 5.41) is 6.69. The van der Waals surface area contributed by atoms with Gasteiger partial charge in [-0.25, -0.2) is 13.1 Å². The molecule has 0 radical (unpaired) electrons. The van der Waals surface area contributed by atoms with E-state index in [4.69, 9.17) is 0 Å². The molecule has 0 spiro atoms. The Morgan fingerprint density at radius 1 is 1.00 bits per heavy atom. The number of aromatic amines is 1. The smallest absolute Gasteiger partial charge is 0.253 e. The van der Waals surface area contributed by atoms with Crippen LogP contribution in [0, 0.1) is 13.8 Å². The van der Waals surface area contributed by atoms with Crippen LogP contribution in [-0.4, -0.2) is 48.6 Å². The van der Waals surface area contributed by atoms with Crippen LogP contribution in [0.4, 0.5) is 0 Å². The van der Waals surface area contributed by atoms with Crippen molar-refractivity contribution < 1.29 is 13.2 Å². The highest BCUT2D eigenvalue weighted by atomic mass is 32.2. The number of nitrogens with zero attached hydrogens (tertiary/aromatic N) is 2. The molecule has 3 aromatic rings. The van der Waals surface area contributed by atoms with Crippen molar-refractivity contribution in [2.75, 3.05) is 13.1 Å². The van der Waals surface area contributed by atoms with Crippen molar-refractivity contribution in [3.8, 4) is 11.1 Å². The lowest BCUT2D eigenvalue weighted by atomic mass is 10.0. The van der Waals surface area contributed by atoms with E-state index < -0.39 is 10.0 Å². The fraction of sp³-hybridized carbons (Fsp3) is 0.304. The van der Waals surface area contributed by atoms with E-state index in [2.05, 4.69) is 14.9 Å². The Labute approximate surface area is 182 Å². The number of nitrogens with one attached hydrogen (secondary N) is 2. The Morgan fingerprint density at radius 3 is 2.19 bits per heavy atom. The number of piperidine rings is 1. The van der Waals surface area contributed by atoms with Crippen molar-refractivity contribution in [1.82, 2.24) is 19.8 Å². The van der Waals surface area contributed by atoms with Gasteiger partial charge >= 0.3 is 0 Å². The predicted molar refractivity (Wildman–Crippen MR) is 119 cm³/mol. The Balaban J connectivity index is 1.37. The first kappa shape index (κ1) is 21.3. The number of hydrogen-bond donors (Lipinski definition) is 2. The topological polar surface area (TPSA) is 95.2 Å². The Bertz CT molecular complexity index is 1140. The second-order valence-corrected chi connectivity index (χ2v) is 9.55. The molecular weight excluding hydrogens is 412 g/mol. The van der Waals surface area contributed by atoms with E-state index in [9.17, 15) is 13.2 Å². The van der Waals surface area contributed by atoms with Gasteiger partial charge in [0, 0.05) is 24.7 Å². The highest BCUT2D eigenvalue weighted by molar-refractivity contribution is 7.89. The first-order valence-corrected chi connectivity index (χ1v) is 11.8. The molecule has 8 heteroatoms. The number of rotatable bonds is 5. The maximum atomic E-state index is 12.9. The molecule has 2 aromatic carbocycles. The van der Waals surface area contributed by atoms with Crippen molar-refractivity contribution in [1.29, 1.82) is 0 Å². The van der Waals surface area contributed by atoms with Crippen LogP contribution in [0.25, 0.3) is 11.1 Å². The van der Waals surface area contributed by atoms with E-state index in [0.29, 0.717) is 42.9 Å². The average molecular weight is 439 g/mol. The zero-order valence-corrected chi connectivity index (χ0v) is 18.4. The lowest BCUT2D eigenvalue weighted by Crippen LogP contribution is -2.46. The van der Waals surface area contributed by atoms with Crippen molar-refractivity contribution >= 4 is 15.9 Å². The van der Waals surface area contributed by atoms with Gasteiger partial charge in [0.2, 0.25) is 10.0 Å². The number of benzene rings is 2. The van der Waals surface area contributed by atoms with Crippen LogP contribution in [0.15, 0.2) is 59.5 Å². The van der Waals surface area contributed by atoms with Crippen LogP contribution in [0.2, 0.25) is 0 Å². The number of aryl methyl sites for hydroxylation is 2. The van der Waals surface area contributed by atoms with Crippen LogP contribution in [0.3, 0.4) is 0 Å². The fourth-order valence-electron chi connectivity index (χ4n) is 4.03. The molecule has 1 aromatic heterocycles. The summed E-state index contributed by atoms with van der Waals surface area (Å²) in [7, 11) is -3.65. The molecule has 0 unspecified atom stereocenters. The van der Waals surface area contributed by atoms with Crippen molar-refractivity contribution in [3.63, 3.8) is 0 Å². The van der Waals surface area contributed by atoms with Crippen LogP contribution in [0.1, 0.15) is 34.6 Å². The summed E-state index contributed by atoms with van der Waals surface area (Å²) >= 11 is 0. The fourth-order valence-corrected chi connectivity index (χ4v) is 5.71. The Hall–Kier alpha value is -2.97. The number of sulfonamides is 1. The van der Waals surface area contributed by atoms with Crippen molar-refractivity contribution in [2.24, 2.45) is 0 Å². The molecule has 0 bridgehead atoms. The molecule has 1 saturated heterocycles. The second-order valence-electron chi connectivity index (χ2n) is 7.89. The SMILES string of the molecule is Cc1n[nH]c(C)c1S(=O)(=O)NC1CCN(C(=O)c2ccc(-c3ccccc3)cc2)CC1. The standard InChI is InChI=1S/C23H26N4O3S/c1-16-22(17(2)25-24-16)31(29,30)26-21-12-14-27(15-13-21)23(28)20-10-8-19(9-11-20)18-6-4-3-5-7-18/h3-11,21,26H,12-15H2,1-2H3,(H,24,25). The maximum absolute atomic E-state index is 12.9. The van der Waals surface area contributed by atoms with Gasteiger partial charge in [0.05, 0.1) is 11.4 Å². The monoisotopic (exact) mass is 438 g/mol. The van der Waals surface area contributed by atoms with Gasteiger partial charge in [-0.3, -0.25) is 9.89 Å². The molecule has 1 aliphatic rings. The van der Waals surface area contributed by atoms with Gasteiger partial charge in [-0.2, -0.15) is 5.10 Å². The van der Waals surface area contributed by atoms with Crippen LogP contribution in [0.5, 0.6) is 0 Å². The summed E-state index contributed by atoms with van der Waals surface area (Å²) < 4.78 is 28.3. The predicted octanol–water partition coefficient (Wildman–Crippen LogP) is 3.28. The first-order chi connectivity index (χ1) is 14.8. The quantitative estimate of drug-likeness (QED) is 0.639. The molecule has 4 rings (SSSR count). The van der Waals surface area contributed by atoms with Gasteiger partial charge in [-0.15, -0.1) is 0 Å². The van der Waals surface area contributed by atoms with Crippen LogP contribution < -0.4 is 4.72 Å². The van der Waals surface area contributed by atoms with Crippen molar-refractivity contribution in [3.05, 3.63) is 71.5 Å². The van der Waals surface area contributed by atoms with Crippen LogP contribution in [-0.2, 0) is 10.0 Å². The molecule has 0 atom stereocenters. The third-order valence-corrected chi connectivity index (χ3v) is 7.45. The van der Waals surface area contributed by atoms with E-state index in [1.54, 1.807) is 18.7 Å². The van der Waals surface area contributed by atoms with E-state index >= 15 is 0 Å². The largest absolute Gasteiger partial charge is 0.339 e. The Kier molecular flexibility index (Phi) is 5.93. The molecular formula is C23H26N4O3S. The molecule has 162 valence electrons. The lowest BCUT2D eigenvalue weighted by Gasteiger charge is -2.32. The summed E-state index contributed by atoms with van der Waals surface area (Å²) in [6.07, 6.45) is 1.14. The molecule has 7 nitrogen and oxygen atoms in total. The lowest BCUT2D eigenvalue weighted by molar-refractivity contribution is 0.0711. The number of carbonyl (C=O) groups is 1. The zero-order chi connectivity index (χ0) is 22.0. The molecule has 31 heavy (non-hydrogen) atoms. The van der Waals surface area contributed by atoms with Gasteiger partial charge in [0.25, 0.3) is 5.91 Å². The van der Waals surface area contributed by atoms with Crippen molar-refractivity contribution in [2.45, 2.75) is 37.6 Å². The summed E-state index contributed by atoms with van der Waals surface area (Å²) in [6.45, 7) is 4.38. The second kappa shape index (κ2) is 8.64. The maximum Gasteiger partial charge on any atom is 0.253 e. The number of carbonyl (C=O) groups excluding carboxylic acids is 1. The van der Waals surface area contributed by atoms with Gasteiger partial charge in [-0.05, 0) is 49.9 Å². The summed E-state index contributed by atoms with van der Waals surface area (Å²) in [5.74, 6) is -0.0255. The minimum absolute atomic E-state index is 0.0255. The van der Waals surface area contributed by atoms with Gasteiger partial charge in [0.15, 0.2) is 0 Å². The first-order valence-electron chi connectivity index (χ1n) is 10.3. The van der Waals surface area contributed by atoms with E-state index in [1.165, 1.54) is 0 Å². The minimum Gasteiger partial charge on any atom is -0.339 e. The van der Waals surface area contributed by atoms with Gasteiger partial charge < -0.3 is 4.90 Å². The zero-order valence-electron chi connectivity index (χ0n) is 17.6. The van der Waals surface area contributed by atoms with Crippen LogP contribution >= 0.6 is 0 Å². The summed E-state index contributed by atoms with van der Waals surface area (Å²) in [5.41, 5.74) is 3.80. The molecule has 1 amide bonds. The number of H-pyrrole nitrogens is 1. The highest BCUT2D eigenvalue weighted by Gasteiger charge is 2.29. The van der Waals surface area contributed by atoms with Gasteiger partial charge in [-0.1, -0.05) is 42.5 Å². The number of likely N-dealkylation sites (tertiary alicyclic amines) is 1. The average Bonchev–Trinajstić information content (AvgIpc) is 3.13. The summed E-state index contributed by atoms with van der Waals surface area (Å²) in [4.78, 5) is 14.9. The van der Waals surface area contributed by atoms with E-state index in [-0.39, 0.29) is 16.8 Å². The molecule has 2 heterocycles. The number of aromatic nitrogens is 2. The minimum atomic E-state index is -3.65. The third-order valence-electron chi connectivity index (χ3n) is 5.67. The molecule has 2 N–H and O–H groups in total. The number of hydrogen-bond acceptors (Lipinski definition) is 4. The molecule has 0 saturated carbocycles. The molecule has 1 fully saturated rings. The normalized spacial score (nSPS) is 15.2. The van der Waals surface area contributed by atoms with Gasteiger partial charge in [0.1, 0.15) is 4.90 Å². The van der Waals surface area contributed by atoms with E-state index in [1.807, 2.05) is 54.6 Å². The Morgan fingerprint density at radius 2 is 1.61 bits per heavy atom. The summed E-state index contributed by atoms with van der Waals surface area (Å²) in [6, 6.07) is 17.4. The highest BCUT2D eigenvalue weighted by Crippen LogP contribution is 2.22. The molecule has 1 aliphatic heterocycles. The third kappa shape index (κ3) is 4.55. The number of amides is 1. The van der Waals surface area contributed by atoms with E-state index in [0.717, 1.165) is 11.1 Å².